The lowest BCUT2D eigenvalue weighted by molar-refractivity contribution is -0.151. The Bertz CT molecular complexity index is 355. The topological polar surface area (TPSA) is 37.3 Å². The minimum Gasteiger partial charge on any atom is -0.481 e. The minimum atomic E-state index is -0.623. The highest BCUT2D eigenvalue weighted by atomic mass is 16.4. The van der Waals surface area contributed by atoms with Crippen molar-refractivity contribution in [2.45, 2.75) is 59.3 Å². The Morgan fingerprint density at radius 1 is 1.22 bits per heavy atom. The van der Waals surface area contributed by atoms with E-state index in [1.807, 2.05) is 13.8 Å². The van der Waals surface area contributed by atoms with Crippen LogP contribution in [0.5, 0.6) is 0 Å². The highest BCUT2D eigenvalue weighted by Gasteiger charge is 2.54. The van der Waals surface area contributed by atoms with E-state index in [0.717, 1.165) is 24.2 Å². The van der Waals surface area contributed by atoms with E-state index in [1.54, 1.807) is 0 Å². The van der Waals surface area contributed by atoms with Crippen LogP contribution in [-0.2, 0) is 4.79 Å². The van der Waals surface area contributed by atoms with Crippen molar-refractivity contribution in [3.05, 3.63) is 0 Å². The molecule has 0 aromatic carbocycles. The van der Waals surface area contributed by atoms with E-state index >= 15 is 0 Å². The lowest BCUT2D eigenvalue weighted by Crippen LogP contribution is -2.51. The van der Waals surface area contributed by atoms with Gasteiger partial charge in [0.15, 0.2) is 0 Å². The molecule has 18 heavy (non-hydrogen) atoms. The lowest BCUT2D eigenvalue weighted by Gasteiger charge is -2.60. The molecule has 0 heterocycles. The van der Waals surface area contributed by atoms with E-state index in [9.17, 15) is 9.90 Å². The second kappa shape index (κ2) is 3.74. The summed E-state index contributed by atoms with van der Waals surface area (Å²) in [4.78, 5) is 11.4. The molecule has 102 valence electrons. The monoisotopic (exact) mass is 250 g/mol. The summed E-state index contributed by atoms with van der Waals surface area (Å²) in [6, 6.07) is 0. The number of carbonyl (C=O) groups is 1. The Kier molecular flexibility index (Phi) is 2.60. The largest absolute Gasteiger partial charge is 0.481 e. The fraction of sp³-hybridized carbons (Fsp3) is 0.938. The molecule has 2 unspecified atom stereocenters. The second-order valence-electron chi connectivity index (χ2n) is 8.34. The molecule has 4 fully saturated rings. The third-order valence-corrected chi connectivity index (χ3v) is 6.10. The maximum Gasteiger partial charge on any atom is 0.309 e. The molecule has 0 saturated heterocycles. The van der Waals surface area contributed by atoms with E-state index < -0.39 is 11.4 Å². The number of carboxylic acids is 1. The van der Waals surface area contributed by atoms with Gasteiger partial charge < -0.3 is 5.11 Å². The molecule has 0 spiro atoms. The first-order chi connectivity index (χ1) is 8.29. The van der Waals surface area contributed by atoms with Crippen molar-refractivity contribution in [3.63, 3.8) is 0 Å². The fourth-order valence-electron chi connectivity index (χ4n) is 5.55. The standard InChI is InChI=1S/C16H26O2/c1-15(2,14(17)18)9-13-11-4-10-5-12(13)8-16(3,6-10)7-11/h10-13H,4-9H2,1-3H3,(H,17,18). The molecular weight excluding hydrogens is 224 g/mol. The van der Waals surface area contributed by atoms with Gasteiger partial charge in [0.2, 0.25) is 0 Å². The molecule has 2 nitrogen and oxygen atoms in total. The third-order valence-electron chi connectivity index (χ3n) is 6.10. The smallest absolute Gasteiger partial charge is 0.309 e. The van der Waals surface area contributed by atoms with Crippen LogP contribution in [0.1, 0.15) is 59.3 Å². The van der Waals surface area contributed by atoms with Gasteiger partial charge in [0.1, 0.15) is 0 Å². The van der Waals surface area contributed by atoms with Crippen LogP contribution in [0, 0.1) is 34.5 Å². The van der Waals surface area contributed by atoms with Crippen LogP contribution in [0.25, 0.3) is 0 Å². The average molecular weight is 250 g/mol. The summed E-state index contributed by atoms with van der Waals surface area (Å²) >= 11 is 0. The summed E-state index contributed by atoms with van der Waals surface area (Å²) in [5.74, 6) is 2.65. The van der Waals surface area contributed by atoms with E-state index in [2.05, 4.69) is 6.92 Å². The Labute approximate surface area is 110 Å². The van der Waals surface area contributed by atoms with Crippen LogP contribution in [-0.4, -0.2) is 11.1 Å². The molecule has 4 rings (SSSR count). The van der Waals surface area contributed by atoms with Crippen LogP contribution in [0.3, 0.4) is 0 Å². The Balaban J connectivity index is 1.78. The molecule has 0 aliphatic heterocycles. The van der Waals surface area contributed by atoms with E-state index in [1.165, 1.54) is 32.1 Å². The highest BCUT2D eigenvalue weighted by Crippen LogP contribution is 2.63. The molecule has 4 aliphatic rings. The van der Waals surface area contributed by atoms with Gasteiger partial charge in [-0.05, 0) is 81.5 Å². The van der Waals surface area contributed by atoms with Gasteiger partial charge in [0, 0.05) is 0 Å². The molecule has 4 bridgehead atoms. The lowest BCUT2D eigenvalue weighted by atomic mass is 9.45. The molecule has 0 amide bonds. The maximum absolute atomic E-state index is 11.4. The summed E-state index contributed by atoms with van der Waals surface area (Å²) in [5.41, 5.74) is 0.0569. The van der Waals surface area contributed by atoms with E-state index in [-0.39, 0.29) is 0 Å². The summed E-state index contributed by atoms with van der Waals surface area (Å²) in [6.07, 6.45) is 7.81. The first kappa shape index (κ1) is 12.5. The van der Waals surface area contributed by atoms with Crippen LogP contribution in [0.4, 0.5) is 0 Å². The molecule has 2 heteroatoms. The maximum atomic E-state index is 11.4. The fourth-order valence-corrected chi connectivity index (χ4v) is 5.55. The van der Waals surface area contributed by atoms with Crippen LogP contribution >= 0.6 is 0 Å². The molecule has 1 N–H and O–H groups in total. The second-order valence-corrected chi connectivity index (χ2v) is 8.34. The van der Waals surface area contributed by atoms with E-state index in [4.69, 9.17) is 0 Å². The van der Waals surface area contributed by atoms with Crippen LogP contribution in [0.15, 0.2) is 0 Å². The molecule has 0 aromatic heterocycles. The number of hydrogen-bond acceptors (Lipinski definition) is 1. The summed E-state index contributed by atoms with van der Waals surface area (Å²) in [6.45, 7) is 6.28. The Hall–Kier alpha value is -0.530. The Morgan fingerprint density at radius 2 is 1.78 bits per heavy atom. The SMILES string of the molecule is CC12CC3CC(C1)C(CC(C)(C)C(=O)O)C(C3)C2. The highest BCUT2D eigenvalue weighted by molar-refractivity contribution is 5.73. The van der Waals surface area contributed by atoms with Crippen molar-refractivity contribution in [1.29, 1.82) is 0 Å². The summed E-state index contributed by atoms with van der Waals surface area (Å²) < 4.78 is 0. The van der Waals surface area contributed by atoms with Crippen molar-refractivity contribution < 1.29 is 9.90 Å². The van der Waals surface area contributed by atoms with Crippen molar-refractivity contribution in [2.75, 3.05) is 0 Å². The minimum absolute atomic E-state index is 0.541. The van der Waals surface area contributed by atoms with Gasteiger partial charge in [-0.3, -0.25) is 4.79 Å². The van der Waals surface area contributed by atoms with E-state index in [0.29, 0.717) is 11.3 Å². The van der Waals surface area contributed by atoms with Gasteiger partial charge >= 0.3 is 5.97 Å². The van der Waals surface area contributed by atoms with Gasteiger partial charge in [-0.15, -0.1) is 0 Å². The van der Waals surface area contributed by atoms with Crippen molar-refractivity contribution in [3.8, 4) is 0 Å². The average Bonchev–Trinajstić information content (AvgIpc) is 2.20. The molecule has 4 saturated carbocycles. The van der Waals surface area contributed by atoms with Gasteiger partial charge in [0.05, 0.1) is 5.41 Å². The summed E-state index contributed by atoms with van der Waals surface area (Å²) in [5, 5.41) is 9.35. The zero-order valence-electron chi connectivity index (χ0n) is 11.9. The van der Waals surface area contributed by atoms with Crippen LogP contribution in [0.2, 0.25) is 0 Å². The van der Waals surface area contributed by atoms with Crippen molar-refractivity contribution in [2.24, 2.45) is 34.5 Å². The zero-order chi connectivity index (χ0) is 13.1. The predicted molar refractivity (Wildman–Crippen MR) is 71.2 cm³/mol. The van der Waals surface area contributed by atoms with Gasteiger partial charge in [-0.2, -0.15) is 0 Å². The quantitative estimate of drug-likeness (QED) is 0.823. The van der Waals surface area contributed by atoms with Gasteiger partial charge in [0.25, 0.3) is 0 Å². The molecule has 0 radical (unpaired) electrons. The van der Waals surface area contributed by atoms with Gasteiger partial charge in [-0.1, -0.05) is 6.92 Å². The first-order valence-corrected chi connectivity index (χ1v) is 7.52. The number of hydrogen-bond donors (Lipinski definition) is 1. The van der Waals surface area contributed by atoms with Gasteiger partial charge in [-0.25, -0.2) is 0 Å². The Morgan fingerprint density at radius 3 is 2.22 bits per heavy atom. The summed E-state index contributed by atoms with van der Waals surface area (Å²) in [7, 11) is 0. The predicted octanol–water partition coefficient (Wildman–Crippen LogP) is 3.95. The van der Waals surface area contributed by atoms with Crippen LogP contribution < -0.4 is 0 Å². The first-order valence-electron chi connectivity index (χ1n) is 7.52. The molecule has 2 atom stereocenters. The number of carboxylic acid groups (broad SMARTS) is 1. The molecule has 4 aliphatic carbocycles. The number of aliphatic carboxylic acids is 1. The van der Waals surface area contributed by atoms with Crippen molar-refractivity contribution >= 4 is 5.97 Å². The van der Waals surface area contributed by atoms with Crippen molar-refractivity contribution in [1.82, 2.24) is 0 Å². The normalized spacial score (nSPS) is 46.4. The molecule has 0 aromatic rings. The molecular formula is C16H26O2. The zero-order valence-corrected chi connectivity index (χ0v) is 11.9. The number of rotatable bonds is 3. The third kappa shape index (κ3) is 1.88.